The molecule has 0 saturated heterocycles. The molecule has 0 radical (unpaired) electrons. The van der Waals surface area contributed by atoms with Crippen molar-refractivity contribution in [3.63, 3.8) is 0 Å². The first-order chi connectivity index (χ1) is 17.0. The van der Waals surface area contributed by atoms with Crippen LogP contribution < -0.4 is 4.74 Å². The average Bonchev–Trinajstić information content (AvgIpc) is 2.89. The molecule has 3 aromatic rings. The van der Waals surface area contributed by atoms with E-state index in [1.807, 2.05) is 7.11 Å². The third-order valence-electron chi connectivity index (χ3n) is 7.84. The summed E-state index contributed by atoms with van der Waals surface area (Å²) in [7, 11) is 1.82. The summed E-state index contributed by atoms with van der Waals surface area (Å²) < 4.78 is 6.13. The number of fused-ring (bicyclic) bond motifs is 1. The van der Waals surface area contributed by atoms with Gasteiger partial charge in [0, 0.05) is 41.5 Å². The fraction of sp³-hybridized carbons (Fsp3) is 0.469. The third kappa shape index (κ3) is 5.02. The Balaban J connectivity index is 1.76. The topological polar surface area (TPSA) is 25.4 Å². The second kappa shape index (κ2) is 11.4. The number of benzene rings is 2. The number of pyridine rings is 1. The molecule has 1 unspecified atom stereocenters. The average molecular weight is 471 g/mol. The third-order valence-corrected chi connectivity index (χ3v) is 7.84. The van der Waals surface area contributed by atoms with Crippen LogP contribution in [0.2, 0.25) is 0 Å². The highest BCUT2D eigenvalue weighted by Crippen LogP contribution is 2.40. The summed E-state index contributed by atoms with van der Waals surface area (Å²) in [6, 6.07) is 16.2. The maximum Gasteiger partial charge on any atom is 0.130 e. The van der Waals surface area contributed by atoms with Crippen molar-refractivity contribution < 1.29 is 4.74 Å². The molecule has 0 N–H and O–H groups in total. The first-order valence-corrected chi connectivity index (χ1v) is 13.5. The van der Waals surface area contributed by atoms with Gasteiger partial charge in [0.1, 0.15) is 5.75 Å². The number of hydrogen-bond acceptors (Lipinski definition) is 3. The predicted molar refractivity (Wildman–Crippen MR) is 147 cm³/mol. The highest BCUT2D eigenvalue weighted by atomic mass is 16.5. The van der Waals surface area contributed by atoms with Crippen LogP contribution in [0.1, 0.15) is 85.2 Å². The maximum absolute atomic E-state index is 6.13. The zero-order valence-electron chi connectivity index (χ0n) is 22.6. The van der Waals surface area contributed by atoms with E-state index in [4.69, 9.17) is 9.72 Å². The van der Waals surface area contributed by atoms with Gasteiger partial charge < -0.3 is 4.74 Å². The SMILES string of the molecule is CCCCC1c2ccccc2CCN1Cc1c(C)nc(-c2c(CC)cccc2CC)c(C)c1OC. The van der Waals surface area contributed by atoms with Crippen molar-refractivity contribution >= 4 is 0 Å². The van der Waals surface area contributed by atoms with Crippen molar-refractivity contribution in [1.82, 2.24) is 9.88 Å². The highest BCUT2D eigenvalue weighted by Gasteiger charge is 2.29. The first kappa shape index (κ1) is 25.4. The number of methoxy groups -OCH3 is 1. The second-order valence-electron chi connectivity index (χ2n) is 9.92. The van der Waals surface area contributed by atoms with Gasteiger partial charge in [0.2, 0.25) is 0 Å². The smallest absolute Gasteiger partial charge is 0.130 e. The molecular weight excluding hydrogens is 428 g/mol. The zero-order chi connectivity index (χ0) is 24.9. The van der Waals surface area contributed by atoms with Gasteiger partial charge in [-0.25, -0.2) is 0 Å². The highest BCUT2D eigenvalue weighted by molar-refractivity contribution is 5.74. The van der Waals surface area contributed by atoms with Gasteiger partial charge in [-0.2, -0.15) is 0 Å². The molecule has 1 atom stereocenters. The lowest BCUT2D eigenvalue weighted by molar-refractivity contribution is 0.162. The Hall–Kier alpha value is -2.65. The van der Waals surface area contributed by atoms with E-state index in [1.54, 1.807) is 0 Å². The van der Waals surface area contributed by atoms with Crippen molar-refractivity contribution in [3.8, 4) is 17.0 Å². The van der Waals surface area contributed by atoms with Crippen LogP contribution in [0.4, 0.5) is 0 Å². The molecule has 0 aliphatic carbocycles. The molecule has 2 aromatic carbocycles. The Morgan fingerprint density at radius 1 is 0.971 bits per heavy atom. The normalized spacial score (nSPS) is 15.8. The number of nitrogens with zero attached hydrogens (tertiary/aromatic N) is 2. The van der Waals surface area contributed by atoms with Gasteiger partial charge in [-0.3, -0.25) is 9.88 Å². The van der Waals surface area contributed by atoms with Crippen LogP contribution in [0.25, 0.3) is 11.3 Å². The number of unbranched alkanes of at least 4 members (excludes halogenated alkanes) is 1. The minimum absolute atomic E-state index is 0.455. The molecule has 2 heterocycles. The Kier molecular flexibility index (Phi) is 8.28. The summed E-state index contributed by atoms with van der Waals surface area (Å²) in [4.78, 5) is 7.93. The summed E-state index contributed by atoms with van der Waals surface area (Å²) in [5.74, 6) is 1.01. The summed E-state index contributed by atoms with van der Waals surface area (Å²) in [6.45, 7) is 13.1. The molecular formula is C32H42N2O. The first-order valence-electron chi connectivity index (χ1n) is 13.5. The number of rotatable bonds is 9. The molecule has 0 bridgehead atoms. The Morgan fingerprint density at radius 2 is 1.69 bits per heavy atom. The maximum atomic E-state index is 6.13. The zero-order valence-corrected chi connectivity index (χ0v) is 22.6. The van der Waals surface area contributed by atoms with Crippen molar-refractivity contribution in [2.45, 2.75) is 85.7 Å². The molecule has 1 aliphatic heterocycles. The molecule has 3 nitrogen and oxygen atoms in total. The van der Waals surface area contributed by atoms with E-state index < -0.39 is 0 Å². The molecule has 0 amide bonds. The van der Waals surface area contributed by atoms with Gasteiger partial charge in [-0.15, -0.1) is 0 Å². The molecule has 35 heavy (non-hydrogen) atoms. The molecule has 1 aliphatic rings. The Morgan fingerprint density at radius 3 is 2.34 bits per heavy atom. The van der Waals surface area contributed by atoms with Crippen molar-refractivity contribution in [2.24, 2.45) is 0 Å². The van der Waals surface area contributed by atoms with Crippen LogP contribution in [-0.2, 0) is 25.8 Å². The summed E-state index contributed by atoms with van der Waals surface area (Å²) in [5, 5.41) is 0. The molecule has 1 aromatic heterocycles. The molecule has 186 valence electrons. The van der Waals surface area contributed by atoms with Crippen molar-refractivity contribution in [2.75, 3.05) is 13.7 Å². The van der Waals surface area contributed by atoms with Crippen LogP contribution in [0.5, 0.6) is 5.75 Å². The van der Waals surface area contributed by atoms with Crippen LogP contribution in [-0.4, -0.2) is 23.5 Å². The van der Waals surface area contributed by atoms with E-state index in [2.05, 4.69) is 82.0 Å². The summed E-state index contributed by atoms with van der Waals surface area (Å²) in [6.07, 6.45) is 6.77. The fourth-order valence-corrected chi connectivity index (χ4v) is 5.90. The second-order valence-corrected chi connectivity index (χ2v) is 9.92. The summed E-state index contributed by atoms with van der Waals surface area (Å²) in [5.41, 5.74) is 11.6. The predicted octanol–water partition coefficient (Wildman–Crippen LogP) is 7.79. The largest absolute Gasteiger partial charge is 0.496 e. The number of hydrogen-bond donors (Lipinski definition) is 0. The van der Waals surface area contributed by atoms with Gasteiger partial charge in [0.25, 0.3) is 0 Å². The molecule has 0 spiro atoms. The van der Waals surface area contributed by atoms with Gasteiger partial charge in [-0.1, -0.05) is 76.1 Å². The lowest BCUT2D eigenvalue weighted by atomic mass is 9.88. The van der Waals surface area contributed by atoms with Gasteiger partial charge in [-0.05, 0) is 61.8 Å². The van der Waals surface area contributed by atoms with Gasteiger partial charge in [0.05, 0.1) is 12.8 Å². The van der Waals surface area contributed by atoms with Crippen LogP contribution >= 0.6 is 0 Å². The number of ether oxygens (including phenoxy) is 1. The fourth-order valence-electron chi connectivity index (χ4n) is 5.90. The lowest BCUT2D eigenvalue weighted by Crippen LogP contribution is -2.35. The van der Waals surface area contributed by atoms with E-state index in [0.717, 1.165) is 55.1 Å². The van der Waals surface area contributed by atoms with E-state index in [-0.39, 0.29) is 0 Å². The van der Waals surface area contributed by atoms with Crippen molar-refractivity contribution in [1.29, 1.82) is 0 Å². The number of aromatic nitrogens is 1. The quantitative estimate of drug-likeness (QED) is 0.319. The molecule has 4 rings (SSSR count). The van der Waals surface area contributed by atoms with Crippen LogP contribution in [0.15, 0.2) is 42.5 Å². The van der Waals surface area contributed by atoms with Crippen LogP contribution in [0.3, 0.4) is 0 Å². The van der Waals surface area contributed by atoms with E-state index in [9.17, 15) is 0 Å². The van der Waals surface area contributed by atoms with E-state index in [1.165, 1.54) is 52.6 Å². The van der Waals surface area contributed by atoms with Crippen molar-refractivity contribution in [3.05, 3.63) is 81.5 Å². The van der Waals surface area contributed by atoms with Gasteiger partial charge >= 0.3 is 0 Å². The minimum atomic E-state index is 0.455. The number of aryl methyl sites for hydroxylation is 3. The van der Waals surface area contributed by atoms with Crippen LogP contribution in [0, 0.1) is 13.8 Å². The Bertz CT molecular complexity index is 1140. The van der Waals surface area contributed by atoms with E-state index in [0.29, 0.717) is 6.04 Å². The summed E-state index contributed by atoms with van der Waals surface area (Å²) >= 11 is 0. The van der Waals surface area contributed by atoms with Gasteiger partial charge in [0.15, 0.2) is 0 Å². The standard InChI is InChI=1S/C32H42N2O/c1-7-10-18-29-27-17-12-11-14-26(27)19-20-34(29)21-28-23(5)33-31(22(4)32(28)35-6)30-24(8-2)15-13-16-25(30)9-3/h11-17,29H,7-10,18-21H2,1-6H3. The molecule has 0 saturated carbocycles. The minimum Gasteiger partial charge on any atom is -0.496 e. The van der Waals surface area contributed by atoms with E-state index >= 15 is 0 Å². The Labute approximate surface area is 212 Å². The monoisotopic (exact) mass is 470 g/mol. The lowest BCUT2D eigenvalue weighted by Gasteiger charge is -2.38. The molecule has 3 heteroatoms. The molecule has 0 fully saturated rings.